The number of carboxylic acids is 1. The van der Waals surface area contributed by atoms with Crippen molar-refractivity contribution in [1.82, 2.24) is 5.32 Å². The van der Waals surface area contributed by atoms with Crippen molar-refractivity contribution in [3.63, 3.8) is 0 Å². The minimum Gasteiger partial charge on any atom is -0.478 e. The standard InChI is InChI=1S/C10H17NO2S/c12-10(13)2-1-5-11-8-9-3-6-14-7-4-9/h1-2,9,11H,3-8H2,(H,12,13)/b2-1+. The number of carboxylic acid groups (broad SMARTS) is 1. The van der Waals surface area contributed by atoms with Gasteiger partial charge in [-0.25, -0.2) is 4.79 Å². The molecule has 0 aromatic rings. The fraction of sp³-hybridized carbons (Fsp3) is 0.700. The average Bonchev–Trinajstić information content (AvgIpc) is 2.18. The molecule has 0 aromatic carbocycles. The van der Waals surface area contributed by atoms with E-state index in [0.29, 0.717) is 6.54 Å². The van der Waals surface area contributed by atoms with Crippen LogP contribution in [0.1, 0.15) is 12.8 Å². The molecule has 1 rings (SSSR count). The predicted molar refractivity (Wildman–Crippen MR) is 59.7 cm³/mol. The van der Waals surface area contributed by atoms with E-state index in [1.54, 1.807) is 6.08 Å². The van der Waals surface area contributed by atoms with Crippen LogP contribution in [0.5, 0.6) is 0 Å². The Labute approximate surface area is 89.0 Å². The van der Waals surface area contributed by atoms with Crippen molar-refractivity contribution in [2.45, 2.75) is 12.8 Å². The second-order valence-electron chi connectivity index (χ2n) is 3.45. The van der Waals surface area contributed by atoms with Gasteiger partial charge in [0.25, 0.3) is 0 Å². The monoisotopic (exact) mass is 215 g/mol. The summed E-state index contributed by atoms with van der Waals surface area (Å²) in [5, 5.41) is 11.6. The molecule has 0 saturated carbocycles. The van der Waals surface area contributed by atoms with Gasteiger partial charge >= 0.3 is 5.97 Å². The Morgan fingerprint density at radius 2 is 2.21 bits per heavy atom. The van der Waals surface area contributed by atoms with E-state index < -0.39 is 5.97 Å². The summed E-state index contributed by atoms with van der Waals surface area (Å²) in [6.45, 7) is 1.68. The normalized spacial score (nSPS) is 18.9. The lowest BCUT2D eigenvalue weighted by molar-refractivity contribution is -0.131. The fourth-order valence-electron chi connectivity index (χ4n) is 1.48. The van der Waals surface area contributed by atoms with E-state index in [9.17, 15) is 4.79 Å². The van der Waals surface area contributed by atoms with Crippen molar-refractivity contribution in [2.24, 2.45) is 5.92 Å². The molecular formula is C10H17NO2S. The summed E-state index contributed by atoms with van der Waals surface area (Å²) < 4.78 is 0. The lowest BCUT2D eigenvalue weighted by Crippen LogP contribution is -2.25. The summed E-state index contributed by atoms with van der Waals surface area (Å²) in [6.07, 6.45) is 5.42. The summed E-state index contributed by atoms with van der Waals surface area (Å²) in [5.41, 5.74) is 0. The van der Waals surface area contributed by atoms with Crippen LogP contribution in [-0.2, 0) is 4.79 Å². The summed E-state index contributed by atoms with van der Waals surface area (Å²) in [5.74, 6) is 2.46. The summed E-state index contributed by atoms with van der Waals surface area (Å²) in [6, 6.07) is 0. The average molecular weight is 215 g/mol. The predicted octanol–water partition coefficient (Wildman–Crippen LogP) is 1.36. The van der Waals surface area contributed by atoms with Crippen LogP contribution in [0.25, 0.3) is 0 Å². The number of nitrogens with one attached hydrogen (secondary N) is 1. The highest BCUT2D eigenvalue weighted by atomic mass is 32.2. The largest absolute Gasteiger partial charge is 0.478 e. The van der Waals surface area contributed by atoms with E-state index in [1.165, 1.54) is 30.4 Å². The molecule has 0 amide bonds. The van der Waals surface area contributed by atoms with Gasteiger partial charge in [0.05, 0.1) is 0 Å². The van der Waals surface area contributed by atoms with Gasteiger partial charge in [0, 0.05) is 12.6 Å². The molecule has 0 unspecified atom stereocenters. The molecule has 1 aliphatic rings. The van der Waals surface area contributed by atoms with E-state index >= 15 is 0 Å². The lowest BCUT2D eigenvalue weighted by atomic mass is 10.0. The molecule has 0 atom stereocenters. The molecule has 1 heterocycles. The molecule has 1 saturated heterocycles. The van der Waals surface area contributed by atoms with E-state index in [-0.39, 0.29) is 0 Å². The Balaban J connectivity index is 2.00. The maximum Gasteiger partial charge on any atom is 0.328 e. The van der Waals surface area contributed by atoms with Crippen LogP contribution < -0.4 is 5.32 Å². The van der Waals surface area contributed by atoms with Crippen LogP contribution in [-0.4, -0.2) is 35.7 Å². The zero-order valence-electron chi connectivity index (χ0n) is 8.24. The van der Waals surface area contributed by atoms with Gasteiger partial charge in [-0.15, -0.1) is 0 Å². The second kappa shape index (κ2) is 6.90. The van der Waals surface area contributed by atoms with Crippen LogP contribution in [0, 0.1) is 5.92 Å². The minimum absolute atomic E-state index is 0.663. The minimum atomic E-state index is -0.874. The first-order valence-corrected chi connectivity index (χ1v) is 6.12. The van der Waals surface area contributed by atoms with Crippen LogP contribution in [0.3, 0.4) is 0 Å². The highest BCUT2D eigenvalue weighted by Crippen LogP contribution is 2.21. The molecule has 0 aliphatic carbocycles. The summed E-state index contributed by atoms with van der Waals surface area (Å²) >= 11 is 2.03. The molecule has 80 valence electrons. The Bertz CT molecular complexity index is 200. The Kier molecular flexibility index (Phi) is 5.71. The van der Waals surface area contributed by atoms with Crippen molar-refractivity contribution in [3.8, 4) is 0 Å². The molecule has 14 heavy (non-hydrogen) atoms. The molecule has 0 aromatic heterocycles. The number of aliphatic carboxylic acids is 1. The first-order valence-electron chi connectivity index (χ1n) is 4.97. The Hall–Kier alpha value is -0.480. The van der Waals surface area contributed by atoms with Gasteiger partial charge in [-0.05, 0) is 36.8 Å². The van der Waals surface area contributed by atoms with E-state index in [4.69, 9.17) is 5.11 Å². The van der Waals surface area contributed by atoms with Gasteiger partial charge in [-0.1, -0.05) is 6.08 Å². The molecule has 3 nitrogen and oxygen atoms in total. The highest BCUT2D eigenvalue weighted by Gasteiger charge is 2.12. The smallest absolute Gasteiger partial charge is 0.328 e. The first kappa shape index (κ1) is 11.6. The second-order valence-corrected chi connectivity index (χ2v) is 4.68. The van der Waals surface area contributed by atoms with Gasteiger partial charge in [0.1, 0.15) is 0 Å². The molecule has 0 spiro atoms. The van der Waals surface area contributed by atoms with Gasteiger partial charge in [-0.2, -0.15) is 11.8 Å². The third-order valence-corrected chi connectivity index (χ3v) is 3.35. The van der Waals surface area contributed by atoms with Crippen LogP contribution in [0.15, 0.2) is 12.2 Å². The van der Waals surface area contributed by atoms with Gasteiger partial charge < -0.3 is 10.4 Å². The Morgan fingerprint density at radius 3 is 2.86 bits per heavy atom. The van der Waals surface area contributed by atoms with Crippen molar-refractivity contribution < 1.29 is 9.90 Å². The molecule has 0 bridgehead atoms. The fourth-order valence-corrected chi connectivity index (χ4v) is 2.69. The number of hydrogen-bond donors (Lipinski definition) is 2. The van der Waals surface area contributed by atoms with Crippen LogP contribution in [0.2, 0.25) is 0 Å². The lowest BCUT2D eigenvalue weighted by Gasteiger charge is -2.21. The van der Waals surface area contributed by atoms with Crippen molar-refractivity contribution in [3.05, 3.63) is 12.2 Å². The molecule has 2 N–H and O–H groups in total. The van der Waals surface area contributed by atoms with Crippen molar-refractivity contribution >= 4 is 17.7 Å². The number of hydrogen-bond acceptors (Lipinski definition) is 3. The molecule has 1 fully saturated rings. The van der Waals surface area contributed by atoms with E-state index in [0.717, 1.165) is 12.5 Å². The SMILES string of the molecule is O=C(O)/C=C/CNCC1CCSCC1. The van der Waals surface area contributed by atoms with E-state index in [2.05, 4.69) is 5.32 Å². The zero-order chi connectivity index (χ0) is 10.2. The quantitative estimate of drug-likeness (QED) is 0.537. The maximum atomic E-state index is 10.1. The Morgan fingerprint density at radius 1 is 1.50 bits per heavy atom. The van der Waals surface area contributed by atoms with Crippen LogP contribution in [0.4, 0.5) is 0 Å². The molecule has 0 radical (unpaired) electrons. The highest BCUT2D eigenvalue weighted by molar-refractivity contribution is 7.99. The zero-order valence-corrected chi connectivity index (χ0v) is 9.05. The molecular weight excluding hydrogens is 198 g/mol. The van der Waals surface area contributed by atoms with Gasteiger partial charge in [0.2, 0.25) is 0 Å². The molecule has 1 aliphatic heterocycles. The third kappa shape index (κ3) is 5.29. The summed E-state index contributed by atoms with van der Waals surface area (Å²) in [4.78, 5) is 10.1. The maximum absolute atomic E-state index is 10.1. The van der Waals surface area contributed by atoms with Crippen molar-refractivity contribution in [2.75, 3.05) is 24.6 Å². The molecule has 4 heteroatoms. The van der Waals surface area contributed by atoms with Crippen LogP contribution >= 0.6 is 11.8 Å². The van der Waals surface area contributed by atoms with E-state index in [1.807, 2.05) is 11.8 Å². The topological polar surface area (TPSA) is 49.3 Å². The first-order chi connectivity index (χ1) is 6.79. The van der Waals surface area contributed by atoms with Gasteiger partial charge in [-0.3, -0.25) is 0 Å². The van der Waals surface area contributed by atoms with Gasteiger partial charge in [0.15, 0.2) is 0 Å². The number of rotatable bonds is 5. The van der Waals surface area contributed by atoms with Crippen molar-refractivity contribution in [1.29, 1.82) is 0 Å². The summed E-state index contributed by atoms with van der Waals surface area (Å²) in [7, 11) is 0. The number of thioether (sulfide) groups is 1. The third-order valence-electron chi connectivity index (χ3n) is 2.30. The number of carbonyl (C=O) groups is 1.